The summed E-state index contributed by atoms with van der Waals surface area (Å²) in [6.45, 7) is 0. The molecule has 40 heavy (non-hydrogen) atoms. The monoisotopic (exact) mass is 510 g/mol. The first kappa shape index (κ1) is 21.5. The number of fused-ring (bicyclic) bond motifs is 12. The van der Waals surface area contributed by atoms with Gasteiger partial charge in [-0.25, -0.2) is 9.97 Å². The van der Waals surface area contributed by atoms with E-state index in [9.17, 15) is 0 Å². The molecule has 4 heterocycles. The van der Waals surface area contributed by atoms with Gasteiger partial charge in [0.15, 0.2) is 0 Å². The lowest BCUT2D eigenvalue weighted by molar-refractivity contribution is 1.08. The lowest BCUT2D eigenvalue weighted by atomic mass is 10.00. The highest BCUT2D eigenvalue weighted by atomic mass is 15.1. The first-order valence-corrected chi connectivity index (χ1v) is 13.5. The van der Waals surface area contributed by atoms with Crippen LogP contribution in [0.3, 0.4) is 0 Å². The fourth-order valence-corrected chi connectivity index (χ4v) is 6.45. The van der Waals surface area contributed by atoms with Crippen LogP contribution in [0.15, 0.2) is 134 Å². The van der Waals surface area contributed by atoms with Crippen molar-refractivity contribution in [3.05, 3.63) is 134 Å². The summed E-state index contributed by atoms with van der Waals surface area (Å²) in [5, 5.41) is 6.03. The zero-order valence-corrected chi connectivity index (χ0v) is 21.5. The lowest BCUT2D eigenvalue weighted by Gasteiger charge is -2.12. The highest BCUT2D eigenvalue weighted by Gasteiger charge is 2.20. The molecule has 5 aromatic carbocycles. The van der Waals surface area contributed by atoms with Crippen LogP contribution in [0.5, 0.6) is 0 Å². The molecule has 0 unspecified atom stereocenters. The zero-order chi connectivity index (χ0) is 26.2. The predicted octanol–water partition coefficient (Wildman–Crippen LogP) is 8.95. The Bertz CT molecular complexity index is 2430. The summed E-state index contributed by atoms with van der Waals surface area (Å²) in [6.07, 6.45) is 1.91. The Labute approximate surface area is 229 Å². The molecule has 4 aromatic heterocycles. The largest absolute Gasteiger partial charge is 0.294 e. The summed E-state index contributed by atoms with van der Waals surface area (Å²) in [6, 6.07) is 45.0. The molecule has 0 N–H and O–H groups in total. The van der Waals surface area contributed by atoms with Gasteiger partial charge in [-0.15, -0.1) is 0 Å². The maximum Gasteiger partial charge on any atom is 0.146 e. The molecule has 0 aliphatic heterocycles. The Morgan fingerprint density at radius 1 is 0.475 bits per heavy atom. The summed E-state index contributed by atoms with van der Waals surface area (Å²) in [5.41, 5.74) is 8.87. The van der Waals surface area contributed by atoms with E-state index in [0.717, 1.165) is 50.0 Å². The van der Waals surface area contributed by atoms with E-state index in [0.29, 0.717) is 0 Å². The molecule has 0 saturated heterocycles. The highest BCUT2D eigenvalue weighted by molar-refractivity contribution is 6.30. The van der Waals surface area contributed by atoms with Crippen LogP contribution in [0.4, 0.5) is 0 Å². The van der Waals surface area contributed by atoms with E-state index in [4.69, 9.17) is 9.97 Å². The van der Waals surface area contributed by atoms with Gasteiger partial charge >= 0.3 is 0 Å². The molecular formula is C36H22N4. The first-order valence-electron chi connectivity index (χ1n) is 13.5. The minimum atomic E-state index is 0.906. The molecular weight excluding hydrogens is 488 g/mol. The molecule has 9 aromatic rings. The van der Waals surface area contributed by atoms with Gasteiger partial charge in [0, 0.05) is 33.1 Å². The summed E-state index contributed by atoms with van der Waals surface area (Å²) in [5.74, 6) is 0.906. The third-order valence-electron chi connectivity index (χ3n) is 8.14. The van der Waals surface area contributed by atoms with Crippen LogP contribution >= 0.6 is 0 Å². The molecule has 0 aliphatic rings. The van der Waals surface area contributed by atoms with Crippen LogP contribution < -0.4 is 0 Å². The Kier molecular flexibility index (Phi) is 4.30. The summed E-state index contributed by atoms with van der Waals surface area (Å²) >= 11 is 0. The third kappa shape index (κ3) is 2.85. The quantitative estimate of drug-likeness (QED) is 0.218. The number of benzene rings is 5. The van der Waals surface area contributed by atoms with Crippen molar-refractivity contribution in [2.75, 3.05) is 0 Å². The number of hydrogen-bond acceptors (Lipinski definition) is 2. The van der Waals surface area contributed by atoms with Crippen LogP contribution in [0.2, 0.25) is 0 Å². The molecule has 0 aliphatic carbocycles. The Balaban J connectivity index is 1.47. The second kappa shape index (κ2) is 8.01. The van der Waals surface area contributed by atoms with Crippen LogP contribution in [0.25, 0.3) is 77.1 Å². The van der Waals surface area contributed by atoms with Gasteiger partial charge in [-0.1, -0.05) is 78.9 Å². The fraction of sp³-hybridized carbons (Fsp3) is 0. The van der Waals surface area contributed by atoms with Crippen molar-refractivity contribution >= 4 is 60.2 Å². The van der Waals surface area contributed by atoms with Gasteiger partial charge in [0.2, 0.25) is 0 Å². The van der Waals surface area contributed by atoms with E-state index < -0.39 is 0 Å². The van der Waals surface area contributed by atoms with Gasteiger partial charge in [0.1, 0.15) is 11.5 Å². The number of nitrogens with zero attached hydrogens (tertiary/aromatic N) is 4. The van der Waals surface area contributed by atoms with Gasteiger partial charge in [-0.3, -0.25) is 8.97 Å². The summed E-state index contributed by atoms with van der Waals surface area (Å²) in [7, 11) is 0. The second-order valence-corrected chi connectivity index (χ2v) is 10.3. The molecule has 0 saturated carbocycles. The number of pyridine rings is 2. The maximum absolute atomic E-state index is 5.13. The normalized spacial score (nSPS) is 12.0. The minimum absolute atomic E-state index is 0.906. The van der Waals surface area contributed by atoms with Crippen molar-refractivity contribution < 1.29 is 0 Å². The van der Waals surface area contributed by atoms with Gasteiger partial charge in [0.25, 0.3) is 0 Å². The highest BCUT2D eigenvalue weighted by Crippen LogP contribution is 2.41. The first-order chi connectivity index (χ1) is 19.9. The second-order valence-electron chi connectivity index (χ2n) is 10.3. The molecule has 0 amide bonds. The van der Waals surface area contributed by atoms with Crippen molar-refractivity contribution in [2.45, 2.75) is 0 Å². The molecule has 4 nitrogen and oxygen atoms in total. The molecule has 0 atom stereocenters. The Morgan fingerprint density at radius 2 is 1.18 bits per heavy atom. The van der Waals surface area contributed by atoms with Gasteiger partial charge in [-0.2, -0.15) is 0 Å². The smallest absolute Gasteiger partial charge is 0.146 e. The number of para-hydroxylation sites is 4. The topological polar surface area (TPSA) is 35.1 Å². The Hall–Kier alpha value is -5.48. The van der Waals surface area contributed by atoms with E-state index in [1.54, 1.807) is 0 Å². The predicted molar refractivity (Wildman–Crippen MR) is 165 cm³/mol. The number of imidazole rings is 1. The van der Waals surface area contributed by atoms with Gasteiger partial charge in [0.05, 0.1) is 27.6 Å². The zero-order valence-electron chi connectivity index (χ0n) is 21.5. The average molecular weight is 511 g/mol. The standard InChI is InChI=1S/C36H22N4/c1-2-10-23(11-3-1)24-20-21-37-33(22-24)39-29-15-7-5-13-26(29)35-32(39)19-18-27-34(35)25-12-4-8-16-30(25)40-31-17-9-6-14-28(31)38-36(27)40/h1-22H. The Morgan fingerprint density at radius 3 is 2.02 bits per heavy atom. The summed E-state index contributed by atoms with van der Waals surface area (Å²) < 4.78 is 4.61. The van der Waals surface area contributed by atoms with Crippen LogP contribution in [0.1, 0.15) is 0 Å². The maximum atomic E-state index is 5.13. The van der Waals surface area contributed by atoms with Gasteiger partial charge < -0.3 is 0 Å². The van der Waals surface area contributed by atoms with Crippen molar-refractivity contribution in [3.63, 3.8) is 0 Å². The molecule has 0 radical (unpaired) electrons. The van der Waals surface area contributed by atoms with E-state index in [1.165, 1.54) is 27.1 Å². The van der Waals surface area contributed by atoms with E-state index in [1.807, 2.05) is 12.3 Å². The molecule has 4 heteroatoms. The van der Waals surface area contributed by atoms with Crippen LogP contribution in [0, 0.1) is 0 Å². The van der Waals surface area contributed by atoms with Crippen molar-refractivity contribution in [3.8, 4) is 16.9 Å². The van der Waals surface area contributed by atoms with E-state index in [-0.39, 0.29) is 0 Å². The van der Waals surface area contributed by atoms with E-state index in [2.05, 4.69) is 130 Å². The van der Waals surface area contributed by atoms with Crippen molar-refractivity contribution in [1.82, 2.24) is 18.9 Å². The molecule has 9 rings (SSSR count). The van der Waals surface area contributed by atoms with Crippen LogP contribution in [-0.2, 0) is 0 Å². The average Bonchev–Trinajstić information content (AvgIpc) is 3.58. The number of hydrogen-bond donors (Lipinski definition) is 0. The third-order valence-corrected chi connectivity index (χ3v) is 8.14. The lowest BCUT2D eigenvalue weighted by Crippen LogP contribution is -1.98. The molecule has 186 valence electrons. The number of aromatic nitrogens is 4. The summed E-state index contributed by atoms with van der Waals surface area (Å²) in [4.78, 5) is 10.0. The SMILES string of the molecule is c1ccc(-c2ccnc(-n3c4ccccc4c4c5c6ccccc6n6c7ccccc7nc6c5ccc43)c2)cc1. The van der Waals surface area contributed by atoms with Crippen LogP contribution in [-0.4, -0.2) is 18.9 Å². The number of rotatable bonds is 2. The van der Waals surface area contributed by atoms with Crippen molar-refractivity contribution in [2.24, 2.45) is 0 Å². The van der Waals surface area contributed by atoms with Gasteiger partial charge in [-0.05, 0) is 59.7 Å². The van der Waals surface area contributed by atoms with E-state index >= 15 is 0 Å². The molecule has 0 fully saturated rings. The van der Waals surface area contributed by atoms with Crippen molar-refractivity contribution in [1.29, 1.82) is 0 Å². The minimum Gasteiger partial charge on any atom is -0.294 e. The fourth-order valence-electron chi connectivity index (χ4n) is 6.45. The molecule has 0 spiro atoms. The molecule has 0 bridgehead atoms.